The molecular weight excluding hydrogens is 180 g/mol. The van der Waals surface area contributed by atoms with E-state index >= 15 is 0 Å². The summed E-state index contributed by atoms with van der Waals surface area (Å²) in [5, 5.41) is 6.22. The fraction of sp³-hybridized carbons (Fsp3) is 0.900. The first-order chi connectivity index (χ1) is 6.75. The topological polar surface area (TPSA) is 50.4 Å². The summed E-state index contributed by atoms with van der Waals surface area (Å²) in [4.78, 5) is 11.5. The largest absolute Gasteiger partial charge is 0.375 e. The molecule has 1 aliphatic carbocycles. The van der Waals surface area contributed by atoms with E-state index in [-0.39, 0.29) is 12.0 Å². The number of rotatable bonds is 3. The second-order valence-electron chi connectivity index (χ2n) is 4.29. The van der Waals surface area contributed by atoms with E-state index in [4.69, 9.17) is 4.74 Å². The van der Waals surface area contributed by atoms with E-state index in [1.165, 1.54) is 0 Å². The number of carbonyl (C=O) groups is 1. The lowest BCUT2D eigenvalue weighted by Gasteiger charge is -2.23. The van der Waals surface area contributed by atoms with Crippen LogP contribution in [0.1, 0.15) is 19.8 Å². The third-order valence-corrected chi connectivity index (χ3v) is 2.87. The number of nitrogens with one attached hydrogen (secondary N) is 2. The zero-order chi connectivity index (χ0) is 9.97. The van der Waals surface area contributed by atoms with Gasteiger partial charge in [-0.05, 0) is 12.3 Å². The van der Waals surface area contributed by atoms with E-state index in [2.05, 4.69) is 17.6 Å². The number of morpholine rings is 1. The van der Waals surface area contributed by atoms with Crippen LogP contribution in [0, 0.1) is 5.92 Å². The summed E-state index contributed by atoms with van der Waals surface area (Å²) in [6, 6.07) is 0.430. The zero-order valence-corrected chi connectivity index (χ0v) is 8.58. The van der Waals surface area contributed by atoms with Crippen molar-refractivity contribution in [2.45, 2.75) is 31.9 Å². The Morgan fingerprint density at radius 2 is 2.43 bits per heavy atom. The minimum absolute atomic E-state index is 0.0674. The Labute approximate surface area is 84.4 Å². The Kier molecular flexibility index (Phi) is 3.03. The van der Waals surface area contributed by atoms with Crippen LogP contribution in [0.25, 0.3) is 0 Å². The molecule has 3 unspecified atom stereocenters. The van der Waals surface area contributed by atoms with E-state index in [9.17, 15) is 4.79 Å². The van der Waals surface area contributed by atoms with Crippen molar-refractivity contribution < 1.29 is 9.53 Å². The monoisotopic (exact) mass is 198 g/mol. The maximum absolute atomic E-state index is 11.5. The van der Waals surface area contributed by atoms with Gasteiger partial charge in [-0.3, -0.25) is 4.79 Å². The van der Waals surface area contributed by atoms with Gasteiger partial charge in [0.15, 0.2) is 0 Å². The summed E-state index contributed by atoms with van der Waals surface area (Å²) in [6.07, 6.45) is 1.70. The summed E-state index contributed by atoms with van der Waals surface area (Å²) in [7, 11) is 0. The van der Waals surface area contributed by atoms with Gasteiger partial charge < -0.3 is 15.4 Å². The summed E-state index contributed by atoms with van der Waals surface area (Å²) in [5.41, 5.74) is 0. The molecule has 0 bridgehead atoms. The Hall–Kier alpha value is -0.610. The lowest BCUT2D eigenvalue weighted by molar-refractivity contribution is -0.124. The fourth-order valence-electron chi connectivity index (χ4n) is 1.75. The highest BCUT2D eigenvalue weighted by atomic mass is 16.5. The standard InChI is InChI=1S/C10H18N2O2/c1-7-4-9(7)12-10(13)5-8-6-11-2-3-14-8/h7-9,11H,2-6H2,1H3,(H,12,13). The molecular formula is C10H18N2O2. The van der Waals surface area contributed by atoms with Crippen LogP contribution in [0.5, 0.6) is 0 Å². The molecule has 1 saturated heterocycles. The van der Waals surface area contributed by atoms with Crippen LogP contribution in [0.15, 0.2) is 0 Å². The van der Waals surface area contributed by atoms with Crippen LogP contribution in [-0.2, 0) is 9.53 Å². The van der Waals surface area contributed by atoms with Crippen LogP contribution in [0.3, 0.4) is 0 Å². The van der Waals surface area contributed by atoms with Gasteiger partial charge in [-0.15, -0.1) is 0 Å². The third kappa shape index (κ3) is 2.69. The molecule has 3 atom stereocenters. The van der Waals surface area contributed by atoms with Crippen molar-refractivity contribution >= 4 is 5.91 Å². The molecule has 4 heteroatoms. The summed E-state index contributed by atoms with van der Waals surface area (Å²) < 4.78 is 5.45. The number of hydrogen-bond donors (Lipinski definition) is 2. The van der Waals surface area contributed by atoms with Gasteiger partial charge in [0.2, 0.25) is 5.91 Å². The van der Waals surface area contributed by atoms with Gasteiger partial charge in [0, 0.05) is 19.1 Å². The van der Waals surface area contributed by atoms with E-state index < -0.39 is 0 Å². The van der Waals surface area contributed by atoms with Crippen LogP contribution < -0.4 is 10.6 Å². The molecule has 0 spiro atoms. The lowest BCUT2D eigenvalue weighted by Crippen LogP contribution is -2.41. The predicted octanol–water partition coefficient (Wildman–Crippen LogP) is -0.111. The molecule has 2 N–H and O–H groups in total. The molecule has 2 fully saturated rings. The van der Waals surface area contributed by atoms with Crippen molar-refractivity contribution in [3.8, 4) is 0 Å². The second-order valence-corrected chi connectivity index (χ2v) is 4.29. The number of ether oxygens (including phenoxy) is 1. The summed E-state index contributed by atoms with van der Waals surface area (Å²) >= 11 is 0. The van der Waals surface area contributed by atoms with Crippen molar-refractivity contribution in [1.29, 1.82) is 0 Å². The van der Waals surface area contributed by atoms with Gasteiger partial charge in [0.1, 0.15) is 0 Å². The molecule has 1 heterocycles. The minimum Gasteiger partial charge on any atom is -0.375 e. The average molecular weight is 198 g/mol. The van der Waals surface area contributed by atoms with Crippen LogP contribution in [0.4, 0.5) is 0 Å². The predicted molar refractivity (Wildman–Crippen MR) is 52.9 cm³/mol. The third-order valence-electron chi connectivity index (χ3n) is 2.87. The zero-order valence-electron chi connectivity index (χ0n) is 8.58. The molecule has 0 radical (unpaired) electrons. The van der Waals surface area contributed by atoms with E-state index in [0.29, 0.717) is 18.4 Å². The second kappa shape index (κ2) is 4.28. The Bertz CT molecular complexity index is 214. The highest BCUT2D eigenvalue weighted by Crippen LogP contribution is 2.28. The molecule has 14 heavy (non-hydrogen) atoms. The molecule has 1 amide bonds. The minimum atomic E-state index is 0.0674. The number of hydrogen-bond acceptors (Lipinski definition) is 3. The molecule has 1 saturated carbocycles. The van der Waals surface area contributed by atoms with Crippen molar-refractivity contribution in [3.05, 3.63) is 0 Å². The maximum Gasteiger partial charge on any atom is 0.222 e. The van der Waals surface area contributed by atoms with Crippen LogP contribution >= 0.6 is 0 Å². The number of carbonyl (C=O) groups excluding carboxylic acids is 1. The number of amides is 1. The summed E-state index contributed by atoms with van der Waals surface area (Å²) in [5.74, 6) is 0.803. The van der Waals surface area contributed by atoms with Crippen molar-refractivity contribution in [3.63, 3.8) is 0 Å². The molecule has 4 nitrogen and oxygen atoms in total. The normalized spacial score (nSPS) is 36.5. The first kappa shape index (κ1) is 9.93. The van der Waals surface area contributed by atoms with Gasteiger partial charge in [-0.1, -0.05) is 6.92 Å². The first-order valence-electron chi connectivity index (χ1n) is 5.37. The lowest BCUT2D eigenvalue weighted by atomic mass is 10.2. The molecule has 80 valence electrons. The fourth-order valence-corrected chi connectivity index (χ4v) is 1.75. The average Bonchev–Trinajstić information content (AvgIpc) is 2.83. The smallest absolute Gasteiger partial charge is 0.222 e. The van der Waals surface area contributed by atoms with Crippen molar-refractivity contribution in [2.75, 3.05) is 19.7 Å². The first-order valence-corrected chi connectivity index (χ1v) is 5.37. The quantitative estimate of drug-likeness (QED) is 0.665. The van der Waals surface area contributed by atoms with E-state index in [1.807, 2.05) is 0 Å². The van der Waals surface area contributed by atoms with Crippen molar-refractivity contribution in [1.82, 2.24) is 10.6 Å². The molecule has 0 aromatic rings. The Morgan fingerprint density at radius 1 is 1.64 bits per heavy atom. The highest BCUT2D eigenvalue weighted by molar-refractivity contribution is 5.77. The van der Waals surface area contributed by atoms with Crippen molar-refractivity contribution in [2.24, 2.45) is 5.92 Å². The molecule has 2 aliphatic rings. The maximum atomic E-state index is 11.5. The van der Waals surface area contributed by atoms with Crippen LogP contribution in [-0.4, -0.2) is 37.7 Å². The van der Waals surface area contributed by atoms with E-state index in [0.717, 1.165) is 26.1 Å². The van der Waals surface area contributed by atoms with Crippen LogP contribution in [0.2, 0.25) is 0 Å². The highest BCUT2D eigenvalue weighted by Gasteiger charge is 2.34. The Morgan fingerprint density at radius 3 is 3.00 bits per heavy atom. The van der Waals surface area contributed by atoms with Gasteiger partial charge >= 0.3 is 0 Å². The SMILES string of the molecule is CC1CC1NC(=O)CC1CNCCO1. The van der Waals surface area contributed by atoms with E-state index in [1.54, 1.807) is 0 Å². The molecule has 0 aromatic carbocycles. The molecule has 1 aliphatic heterocycles. The summed E-state index contributed by atoms with van der Waals surface area (Å²) in [6.45, 7) is 4.58. The van der Waals surface area contributed by atoms with Gasteiger partial charge in [-0.2, -0.15) is 0 Å². The van der Waals surface area contributed by atoms with Gasteiger partial charge in [-0.25, -0.2) is 0 Å². The molecule has 0 aromatic heterocycles. The van der Waals surface area contributed by atoms with Gasteiger partial charge in [0.05, 0.1) is 19.1 Å². The molecule has 2 rings (SSSR count). The van der Waals surface area contributed by atoms with Gasteiger partial charge in [0.25, 0.3) is 0 Å². The Balaban J connectivity index is 1.65.